The quantitative estimate of drug-likeness (QED) is 0.510. The summed E-state index contributed by atoms with van der Waals surface area (Å²) in [6.07, 6.45) is 4.83. The summed E-state index contributed by atoms with van der Waals surface area (Å²) in [6.45, 7) is 0. The number of carbonyl (C=O) groups excluding carboxylic acids is 1. The van der Waals surface area contributed by atoms with Crippen molar-refractivity contribution in [3.8, 4) is 0 Å². The van der Waals surface area contributed by atoms with Gasteiger partial charge in [0.15, 0.2) is 0 Å². The molecule has 2 aromatic rings. The van der Waals surface area contributed by atoms with Crippen molar-refractivity contribution in [2.45, 2.75) is 0 Å². The highest BCUT2D eigenvalue weighted by molar-refractivity contribution is 7.11. The number of nitrogens with one attached hydrogen (secondary N) is 1. The SMILES string of the molecule is O=C(/C=C/c1ccccc1)N/N=C/c1cccs1. The van der Waals surface area contributed by atoms with Crippen molar-refractivity contribution in [3.63, 3.8) is 0 Å². The van der Waals surface area contributed by atoms with Gasteiger partial charge in [0.1, 0.15) is 0 Å². The van der Waals surface area contributed by atoms with Gasteiger partial charge in [-0.25, -0.2) is 5.43 Å². The zero-order valence-corrected chi connectivity index (χ0v) is 10.4. The number of amides is 1. The van der Waals surface area contributed by atoms with Crippen molar-refractivity contribution in [2.24, 2.45) is 5.10 Å². The molecule has 1 N–H and O–H groups in total. The molecular formula is C14H12N2OS. The Labute approximate surface area is 109 Å². The van der Waals surface area contributed by atoms with Gasteiger partial charge in [-0.1, -0.05) is 36.4 Å². The number of nitrogens with zero attached hydrogens (tertiary/aromatic N) is 1. The maximum Gasteiger partial charge on any atom is 0.264 e. The summed E-state index contributed by atoms with van der Waals surface area (Å²) in [7, 11) is 0. The molecule has 1 aromatic carbocycles. The van der Waals surface area contributed by atoms with Crippen molar-refractivity contribution >= 4 is 29.5 Å². The number of hydrogen-bond donors (Lipinski definition) is 1. The predicted octanol–water partition coefficient (Wildman–Crippen LogP) is 2.91. The molecule has 0 atom stereocenters. The van der Waals surface area contributed by atoms with Crippen molar-refractivity contribution in [1.29, 1.82) is 0 Å². The molecule has 1 amide bonds. The lowest BCUT2D eigenvalue weighted by molar-refractivity contribution is -0.116. The Hall–Kier alpha value is -2.20. The summed E-state index contributed by atoms with van der Waals surface area (Å²) < 4.78 is 0. The van der Waals surface area contributed by atoms with Crippen LogP contribution in [0.25, 0.3) is 6.08 Å². The van der Waals surface area contributed by atoms with E-state index in [1.165, 1.54) is 6.08 Å². The minimum absolute atomic E-state index is 0.244. The van der Waals surface area contributed by atoms with E-state index in [4.69, 9.17) is 0 Å². The highest BCUT2D eigenvalue weighted by Crippen LogP contribution is 2.04. The number of benzene rings is 1. The van der Waals surface area contributed by atoms with Crippen LogP contribution in [0.5, 0.6) is 0 Å². The second kappa shape index (κ2) is 6.51. The fourth-order valence-electron chi connectivity index (χ4n) is 1.30. The van der Waals surface area contributed by atoms with Crippen molar-refractivity contribution in [2.75, 3.05) is 0 Å². The molecule has 0 radical (unpaired) electrons. The third-order valence-electron chi connectivity index (χ3n) is 2.14. The fourth-order valence-corrected chi connectivity index (χ4v) is 1.88. The average molecular weight is 256 g/mol. The van der Waals surface area contributed by atoms with E-state index in [1.54, 1.807) is 23.6 Å². The molecule has 4 heteroatoms. The van der Waals surface area contributed by atoms with E-state index < -0.39 is 0 Å². The molecule has 2 rings (SSSR count). The van der Waals surface area contributed by atoms with Gasteiger partial charge < -0.3 is 0 Å². The van der Waals surface area contributed by atoms with Gasteiger partial charge in [0, 0.05) is 11.0 Å². The van der Waals surface area contributed by atoms with Crippen LogP contribution in [-0.4, -0.2) is 12.1 Å². The summed E-state index contributed by atoms with van der Waals surface area (Å²) in [6, 6.07) is 13.5. The summed E-state index contributed by atoms with van der Waals surface area (Å²) in [5.74, 6) is -0.244. The largest absolute Gasteiger partial charge is 0.268 e. The van der Waals surface area contributed by atoms with Crippen LogP contribution in [-0.2, 0) is 4.79 Å². The lowest BCUT2D eigenvalue weighted by atomic mass is 10.2. The first kappa shape index (κ1) is 12.3. The van der Waals surface area contributed by atoms with Crippen molar-refractivity contribution in [1.82, 2.24) is 5.43 Å². The Morgan fingerprint density at radius 1 is 1.17 bits per heavy atom. The monoisotopic (exact) mass is 256 g/mol. The number of hydrogen-bond acceptors (Lipinski definition) is 3. The average Bonchev–Trinajstić information content (AvgIpc) is 2.91. The van der Waals surface area contributed by atoms with Crippen LogP contribution in [0.15, 0.2) is 59.0 Å². The second-order valence-corrected chi connectivity index (χ2v) is 4.47. The van der Waals surface area contributed by atoms with Gasteiger partial charge in [0.2, 0.25) is 0 Å². The van der Waals surface area contributed by atoms with Crippen LogP contribution in [0.3, 0.4) is 0 Å². The first-order valence-corrected chi connectivity index (χ1v) is 6.32. The molecule has 0 aliphatic carbocycles. The summed E-state index contributed by atoms with van der Waals surface area (Å²) >= 11 is 1.57. The minimum atomic E-state index is -0.244. The Bertz CT molecular complexity index is 544. The molecule has 18 heavy (non-hydrogen) atoms. The van der Waals surface area contributed by atoms with Crippen LogP contribution in [0.4, 0.5) is 0 Å². The number of carbonyl (C=O) groups is 1. The summed E-state index contributed by atoms with van der Waals surface area (Å²) in [4.78, 5) is 12.4. The molecule has 0 aliphatic heterocycles. The third kappa shape index (κ3) is 3.99. The number of thiophene rings is 1. The molecule has 0 aliphatic rings. The highest BCUT2D eigenvalue weighted by Gasteiger charge is 1.92. The van der Waals surface area contributed by atoms with E-state index in [-0.39, 0.29) is 5.91 Å². The van der Waals surface area contributed by atoms with Gasteiger partial charge in [-0.15, -0.1) is 11.3 Å². The Morgan fingerprint density at radius 2 is 2.00 bits per heavy atom. The molecule has 90 valence electrons. The Kier molecular flexibility index (Phi) is 4.44. The van der Waals surface area contributed by atoms with Crippen LogP contribution >= 0.6 is 11.3 Å². The van der Waals surface area contributed by atoms with Gasteiger partial charge in [0.05, 0.1) is 6.21 Å². The van der Waals surface area contributed by atoms with Crippen molar-refractivity contribution < 1.29 is 4.79 Å². The molecule has 0 saturated heterocycles. The van der Waals surface area contributed by atoms with E-state index in [1.807, 2.05) is 47.8 Å². The molecule has 1 aromatic heterocycles. The lowest BCUT2D eigenvalue weighted by Crippen LogP contribution is -2.13. The van der Waals surface area contributed by atoms with Crippen LogP contribution in [0.2, 0.25) is 0 Å². The van der Waals surface area contributed by atoms with E-state index in [9.17, 15) is 4.79 Å². The predicted molar refractivity (Wildman–Crippen MR) is 75.5 cm³/mol. The second-order valence-electron chi connectivity index (χ2n) is 3.49. The maximum absolute atomic E-state index is 11.4. The first-order chi connectivity index (χ1) is 8.84. The molecule has 0 unspecified atom stereocenters. The van der Waals surface area contributed by atoms with E-state index in [0.717, 1.165) is 10.4 Å². The van der Waals surface area contributed by atoms with E-state index in [2.05, 4.69) is 10.5 Å². The van der Waals surface area contributed by atoms with Gasteiger partial charge in [-0.2, -0.15) is 5.10 Å². The van der Waals surface area contributed by atoms with E-state index >= 15 is 0 Å². The van der Waals surface area contributed by atoms with Crippen LogP contribution in [0.1, 0.15) is 10.4 Å². The fraction of sp³-hybridized carbons (Fsp3) is 0. The van der Waals surface area contributed by atoms with E-state index in [0.29, 0.717) is 0 Å². The zero-order chi connectivity index (χ0) is 12.6. The summed E-state index contributed by atoms with van der Waals surface area (Å²) in [5, 5.41) is 5.82. The third-order valence-corrected chi connectivity index (χ3v) is 2.94. The normalized spacial score (nSPS) is 11.1. The van der Waals surface area contributed by atoms with Gasteiger partial charge in [-0.05, 0) is 23.1 Å². The molecule has 3 nitrogen and oxygen atoms in total. The van der Waals surface area contributed by atoms with Crippen molar-refractivity contribution in [3.05, 3.63) is 64.4 Å². The number of rotatable bonds is 4. The minimum Gasteiger partial charge on any atom is -0.268 e. The molecule has 0 fully saturated rings. The highest BCUT2D eigenvalue weighted by atomic mass is 32.1. The Balaban J connectivity index is 1.84. The Morgan fingerprint density at radius 3 is 2.72 bits per heavy atom. The van der Waals surface area contributed by atoms with Gasteiger partial charge in [-0.3, -0.25) is 4.79 Å². The number of hydrazone groups is 1. The zero-order valence-electron chi connectivity index (χ0n) is 9.61. The molecular weight excluding hydrogens is 244 g/mol. The topological polar surface area (TPSA) is 41.5 Å². The van der Waals surface area contributed by atoms with Crippen LogP contribution < -0.4 is 5.43 Å². The van der Waals surface area contributed by atoms with Crippen LogP contribution in [0, 0.1) is 0 Å². The smallest absolute Gasteiger partial charge is 0.264 e. The first-order valence-electron chi connectivity index (χ1n) is 5.44. The lowest BCUT2D eigenvalue weighted by Gasteiger charge is -1.93. The molecule has 0 bridgehead atoms. The summed E-state index contributed by atoms with van der Waals surface area (Å²) in [5.41, 5.74) is 3.42. The molecule has 1 heterocycles. The molecule has 0 spiro atoms. The van der Waals surface area contributed by atoms with Gasteiger partial charge >= 0.3 is 0 Å². The maximum atomic E-state index is 11.4. The van der Waals surface area contributed by atoms with Gasteiger partial charge in [0.25, 0.3) is 5.91 Å². The molecule has 0 saturated carbocycles. The standard InChI is InChI=1S/C14H12N2OS/c17-14(9-8-12-5-2-1-3-6-12)16-15-11-13-7-4-10-18-13/h1-11H,(H,16,17)/b9-8+,15-11+.